The Labute approximate surface area is 139 Å². The van der Waals surface area contributed by atoms with Crippen LogP contribution in [-0.2, 0) is 4.74 Å². The average Bonchev–Trinajstić information content (AvgIpc) is 3.06. The predicted molar refractivity (Wildman–Crippen MR) is 94.1 cm³/mol. The summed E-state index contributed by atoms with van der Waals surface area (Å²) in [5.74, 6) is 6.85. The Morgan fingerprint density at radius 1 is 1.09 bits per heavy atom. The number of ether oxygens (including phenoxy) is 1. The first-order valence-electron chi connectivity index (χ1n) is 8.24. The molecule has 0 unspecified atom stereocenters. The van der Waals surface area contributed by atoms with Gasteiger partial charge in [0.25, 0.3) is 0 Å². The van der Waals surface area contributed by atoms with Gasteiger partial charge < -0.3 is 4.74 Å². The number of hydrogen-bond donors (Lipinski definition) is 0. The Balaban J connectivity index is 1.90. The van der Waals surface area contributed by atoms with Gasteiger partial charge in [0.15, 0.2) is 0 Å². The molecule has 1 aliphatic heterocycles. The van der Waals surface area contributed by atoms with Crippen LogP contribution in [0.3, 0.4) is 0 Å². The van der Waals surface area contributed by atoms with Gasteiger partial charge in [0, 0.05) is 25.3 Å². The number of likely N-dealkylation sites (tertiary alicyclic amines) is 1. The Morgan fingerprint density at radius 3 is 2.48 bits per heavy atom. The number of methoxy groups -OCH3 is 1. The fourth-order valence-electron chi connectivity index (χ4n) is 3.24. The highest BCUT2D eigenvalue weighted by molar-refractivity contribution is 5.37. The summed E-state index contributed by atoms with van der Waals surface area (Å²) in [5, 5.41) is 0. The van der Waals surface area contributed by atoms with Crippen molar-refractivity contribution >= 4 is 0 Å². The zero-order valence-electron chi connectivity index (χ0n) is 13.6. The van der Waals surface area contributed by atoms with Crippen molar-refractivity contribution < 1.29 is 4.74 Å². The van der Waals surface area contributed by atoms with Gasteiger partial charge in [0.1, 0.15) is 0 Å². The van der Waals surface area contributed by atoms with Crippen LogP contribution in [0.25, 0.3) is 0 Å². The first-order valence-corrected chi connectivity index (χ1v) is 8.24. The summed E-state index contributed by atoms with van der Waals surface area (Å²) in [5.41, 5.74) is 2.33. The van der Waals surface area contributed by atoms with Gasteiger partial charge in [-0.3, -0.25) is 4.90 Å². The van der Waals surface area contributed by atoms with Crippen molar-refractivity contribution in [2.24, 2.45) is 0 Å². The molecular weight excluding hydrogens is 282 g/mol. The molecule has 1 fully saturated rings. The highest BCUT2D eigenvalue weighted by Crippen LogP contribution is 2.29. The van der Waals surface area contributed by atoms with Crippen LogP contribution < -0.4 is 0 Å². The molecule has 0 bridgehead atoms. The van der Waals surface area contributed by atoms with Crippen molar-refractivity contribution in [1.29, 1.82) is 0 Å². The summed E-state index contributed by atoms with van der Waals surface area (Å²) >= 11 is 0. The summed E-state index contributed by atoms with van der Waals surface area (Å²) in [7, 11) is 1.78. The lowest BCUT2D eigenvalue weighted by Crippen LogP contribution is -2.35. The monoisotopic (exact) mass is 305 g/mol. The van der Waals surface area contributed by atoms with Crippen LogP contribution in [0.15, 0.2) is 60.7 Å². The minimum absolute atomic E-state index is 0.124. The highest BCUT2D eigenvalue weighted by atomic mass is 16.5. The molecule has 0 aliphatic carbocycles. The summed E-state index contributed by atoms with van der Waals surface area (Å²) in [4.78, 5) is 2.49. The lowest BCUT2D eigenvalue weighted by Gasteiger charge is -2.29. The average molecular weight is 305 g/mol. The van der Waals surface area contributed by atoms with E-state index in [9.17, 15) is 0 Å². The zero-order valence-corrected chi connectivity index (χ0v) is 13.6. The van der Waals surface area contributed by atoms with Gasteiger partial charge in [-0.25, -0.2) is 0 Å². The molecule has 1 aliphatic rings. The van der Waals surface area contributed by atoms with E-state index < -0.39 is 0 Å². The summed E-state index contributed by atoms with van der Waals surface area (Å²) < 4.78 is 5.41. The van der Waals surface area contributed by atoms with E-state index >= 15 is 0 Å². The molecule has 0 radical (unpaired) electrons. The molecule has 0 N–H and O–H groups in total. The standard InChI is InChI=1S/C21H23NO/c1-23-17-20-13-8-16-22(20)21(19-11-6-3-7-12-19)15-14-18-9-4-2-5-10-18/h2-7,9-12,20-21H,8,13,16-17H2,1H3/t20-,21+/m1/s1. The van der Waals surface area contributed by atoms with Crippen molar-refractivity contribution in [3.8, 4) is 11.8 Å². The quantitative estimate of drug-likeness (QED) is 0.795. The Bertz CT molecular complexity index is 656. The number of nitrogens with zero attached hydrogens (tertiary/aromatic N) is 1. The second-order valence-electron chi connectivity index (χ2n) is 5.94. The lowest BCUT2D eigenvalue weighted by molar-refractivity contribution is 0.103. The van der Waals surface area contributed by atoms with Crippen LogP contribution >= 0.6 is 0 Å². The Kier molecular flexibility index (Phi) is 5.47. The molecule has 2 aromatic carbocycles. The number of hydrogen-bond acceptors (Lipinski definition) is 2. The van der Waals surface area contributed by atoms with E-state index in [4.69, 9.17) is 4.74 Å². The predicted octanol–water partition coefficient (Wildman–Crippen LogP) is 3.89. The Morgan fingerprint density at radius 2 is 1.78 bits per heavy atom. The molecule has 118 valence electrons. The van der Waals surface area contributed by atoms with Crippen molar-refractivity contribution in [1.82, 2.24) is 4.90 Å². The normalized spacial score (nSPS) is 19.1. The van der Waals surface area contributed by atoms with Gasteiger partial charge in [-0.1, -0.05) is 60.4 Å². The van der Waals surface area contributed by atoms with Crippen LogP contribution in [0.2, 0.25) is 0 Å². The molecular formula is C21H23NO. The molecule has 0 amide bonds. The summed E-state index contributed by atoms with van der Waals surface area (Å²) in [6.07, 6.45) is 2.40. The molecule has 0 spiro atoms. The van der Waals surface area contributed by atoms with Crippen molar-refractivity contribution in [3.63, 3.8) is 0 Å². The second kappa shape index (κ2) is 7.97. The van der Waals surface area contributed by atoms with E-state index in [-0.39, 0.29) is 6.04 Å². The maximum Gasteiger partial charge on any atom is 0.0977 e. The molecule has 2 aromatic rings. The van der Waals surface area contributed by atoms with E-state index in [1.54, 1.807) is 7.11 Å². The van der Waals surface area contributed by atoms with Gasteiger partial charge in [-0.05, 0) is 30.5 Å². The van der Waals surface area contributed by atoms with Crippen molar-refractivity contribution in [3.05, 3.63) is 71.8 Å². The van der Waals surface area contributed by atoms with Crippen molar-refractivity contribution in [2.75, 3.05) is 20.3 Å². The van der Waals surface area contributed by atoms with E-state index in [2.05, 4.69) is 59.2 Å². The van der Waals surface area contributed by atoms with E-state index in [1.807, 2.05) is 18.2 Å². The SMILES string of the molecule is COC[C@H]1CCCN1[C@@H](C#Cc1ccccc1)c1ccccc1. The van der Waals surface area contributed by atoms with Gasteiger partial charge in [-0.2, -0.15) is 0 Å². The maximum absolute atomic E-state index is 5.41. The molecule has 1 saturated heterocycles. The van der Waals surface area contributed by atoms with Gasteiger partial charge in [0.05, 0.1) is 12.6 Å². The smallest absolute Gasteiger partial charge is 0.0977 e. The minimum atomic E-state index is 0.124. The van der Waals surface area contributed by atoms with E-state index in [1.165, 1.54) is 18.4 Å². The first kappa shape index (κ1) is 15.8. The molecule has 23 heavy (non-hydrogen) atoms. The fourth-order valence-corrected chi connectivity index (χ4v) is 3.24. The minimum Gasteiger partial charge on any atom is -0.383 e. The molecule has 2 heteroatoms. The van der Waals surface area contributed by atoms with Gasteiger partial charge >= 0.3 is 0 Å². The van der Waals surface area contributed by atoms with Crippen LogP contribution in [0.5, 0.6) is 0 Å². The first-order chi connectivity index (χ1) is 11.4. The molecule has 2 nitrogen and oxygen atoms in total. The second-order valence-corrected chi connectivity index (χ2v) is 5.94. The third-order valence-corrected chi connectivity index (χ3v) is 4.36. The molecule has 0 aromatic heterocycles. The summed E-state index contributed by atoms with van der Waals surface area (Å²) in [6.45, 7) is 1.85. The van der Waals surface area contributed by atoms with Crippen LogP contribution in [-0.4, -0.2) is 31.2 Å². The lowest BCUT2D eigenvalue weighted by atomic mass is 10.0. The molecule has 2 atom stereocenters. The highest BCUT2D eigenvalue weighted by Gasteiger charge is 2.30. The molecule has 0 saturated carbocycles. The van der Waals surface area contributed by atoms with E-state index in [0.29, 0.717) is 6.04 Å². The zero-order chi connectivity index (χ0) is 15.9. The van der Waals surface area contributed by atoms with Crippen LogP contribution in [0.1, 0.15) is 30.0 Å². The van der Waals surface area contributed by atoms with Crippen LogP contribution in [0, 0.1) is 11.8 Å². The van der Waals surface area contributed by atoms with Gasteiger partial charge in [-0.15, -0.1) is 0 Å². The Hall–Kier alpha value is -2.08. The molecule has 3 rings (SSSR count). The topological polar surface area (TPSA) is 12.5 Å². The van der Waals surface area contributed by atoms with Crippen LogP contribution in [0.4, 0.5) is 0 Å². The largest absolute Gasteiger partial charge is 0.383 e. The maximum atomic E-state index is 5.41. The number of benzene rings is 2. The van der Waals surface area contributed by atoms with E-state index in [0.717, 1.165) is 18.7 Å². The third-order valence-electron chi connectivity index (χ3n) is 4.36. The third kappa shape index (κ3) is 4.01. The number of rotatable bonds is 4. The summed E-state index contributed by atoms with van der Waals surface area (Å²) in [6, 6.07) is 21.4. The fraction of sp³-hybridized carbons (Fsp3) is 0.333. The van der Waals surface area contributed by atoms with Crippen molar-refractivity contribution in [2.45, 2.75) is 24.9 Å². The molecule has 1 heterocycles. The van der Waals surface area contributed by atoms with Gasteiger partial charge in [0.2, 0.25) is 0 Å².